The Morgan fingerprint density at radius 1 is 0.862 bits per heavy atom. The Labute approximate surface area is 171 Å². The van der Waals surface area contributed by atoms with Gasteiger partial charge in [0.15, 0.2) is 5.41 Å². The van der Waals surface area contributed by atoms with Crippen molar-refractivity contribution < 1.29 is 19.1 Å². The topological polar surface area (TPSA) is 52.6 Å². The van der Waals surface area contributed by atoms with E-state index < -0.39 is 17.4 Å². The van der Waals surface area contributed by atoms with E-state index in [0.717, 1.165) is 33.4 Å². The smallest absolute Gasteiger partial charge is 0.327 e. The number of rotatable bonds is 5. The van der Waals surface area contributed by atoms with Gasteiger partial charge in [-0.15, -0.1) is 0 Å². The standard InChI is InChI=1S/C25H24O4/c1-17(2)20-15-25(23(26)28-3,24(27)29-4)16-21(20)22(18-11-7-5-8-12-18)19-13-9-6-10-14-19/h5-15H,1,16H2,2-4H3. The summed E-state index contributed by atoms with van der Waals surface area (Å²) in [6.07, 6.45) is 1.79. The average molecular weight is 388 g/mol. The number of carbonyl (C=O) groups excluding carboxylic acids is 2. The first-order valence-corrected chi connectivity index (χ1v) is 9.34. The lowest BCUT2D eigenvalue weighted by Crippen LogP contribution is -2.38. The highest BCUT2D eigenvalue weighted by molar-refractivity contribution is 6.05. The molecule has 2 aromatic rings. The molecule has 3 rings (SSSR count). The highest BCUT2D eigenvalue weighted by Crippen LogP contribution is 2.48. The molecule has 4 heteroatoms. The number of ether oxygens (including phenoxy) is 2. The Kier molecular flexibility index (Phi) is 5.83. The maximum atomic E-state index is 12.7. The van der Waals surface area contributed by atoms with Gasteiger partial charge in [-0.25, -0.2) is 0 Å². The highest BCUT2D eigenvalue weighted by Gasteiger charge is 2.52. The predicted molar refractivity (Wildman–Crippen MR) is 113 cm³/mol. The van der Waals surface area contributed by atoms with Crippen LogP contribution in [0.5, 0.6) is 0 Å². The summed E-state index contributed by atoms with van der Waals surface area (Å²) in [5, 5.41) is 0. The van der Waals surface area contributed by atoms with Crippen LogP contribution in [0, 0.1) is 5.41 Å². The fourth-order valence-corrected chi connectivity index (χ4v) is 3.80. The summed E-state index contributed by atoms with van der Waals surface area (Å²) in [5.41, 5.74) is 3.81. The monoisotopic (exact) mass is 388 g/mol. The number of hydrogen-bond donors (Lipinski definition) is 0. The zero-order valence-electron chi connectivity index (χ0n) is 16.9. The third kappa shape index (κ3) is 3.66. The molecule has 0 aromatic heterocycles. The molecule has 0 amide bonds. The second kappa shape index (κ2) is 8.31. The Morgan fingerprint density at radius 3 is 1.69 bits per heavy atom. The molecule has 0 saturated carbocycles. The minimum Gasteiger partial charge on any atom is -0.468 e. The van der Waals surface area contributed by atoms with Crippen LogP contribution >= 0.6 is 0 Å². The summed E-state index contributed by atoms with van der Waals surface area (Å²) in [6.45, 7) is 5.95. The van der Waals surface area contributed by atoms with E-state index in [9.17, 15) is 9.59 Å². The van der Waals surface area contributed by atoms with Gasteiger partial charge < -0.3 is 9.47 Å². The third-order valence-corrected chi connectivity index (χ3v) is 5.16. The molecule has 1 aliphatic carbocycles. The average Bonchev–Trinajstić information content (AvgIpc) is 3.16. The molecule has 1 aliphatic rings. The van der Waals surface area contributed by atoms with Crippen molar-refractivity contribution in [2.45, 2.75) is 13.3 Å². The van der Waals surface area contributed by atoms with E-state index in [0.29, 0.717) is 0 Å². The van der Waals surface area contributed by atoms with Crippen LogP contribution < -0.4 is 0 Å². The maximum Gasteiger partial charge on any atom is 0.327 e. The summed E-state index contributed by atoms with van der Waals surface area (Å²) in [5.74, 6) is -1.28. The molecule has 4 nitrogen and oxygen atoms in total. The quantitative estimate of drug-likeness (QED) is 0.549. The lowest BCUT2D eigenvalue weighted by atomic mass is 9.83. The van der Waals surface area contributed by atoms with Crippen LogP contribution in [0.3, 0.4) is 0 Å². The summed E-state index contributed by atoms with van der Waals surface area (Å²) < 4.78 is 9.98. The number of methoxy groups -OCH3 is 2. The van der Waals surface area contributed by atoms with Gasteiger partial charge in [0.05, 0.1) is 14.2 Å². The molecule has 0 bridgehead atoms. The van der Waals surface area contributed by atoms with Gasteiger partial charge >= 0.3 is 11.9 Å². The van der Waals surface area contributed by atoms with Gasteiger partial charge in [-0.1, -0.05) is 72.8 Å². The molecule has 0 saturated heterocycles. The van der Waals surface area contributed by atoms with E-state index in [1.807, 2.05) is 67.6 Å². The van der Waals surface area contributed by atoms with Crippen molar-refractivity contribution in [3.05, 3.63) is 101 Å². The maximum absolute atomic E-state index is 12.7. The number of allylic oxidation sites excluding steroid dienone is 3. The van der Waals surface area contributed by atoms with E-state index >= 15 is 0 Å². The Bertz CT molecular complexity index is 940. The van der Waals surface area contributed by atoms with E-state index in [4.69, 9.17) is 9.47 Å². The number of hydrogen-bond acceptors (Lipinski definition) is 4. The van der Waals surface area contributed by atoms with Gasteiger partial charge in [0.2, 0.25) is 0 Å². The van der Waals surface area contributed by atoms with Gasteiger partial charge in [-0.3, -0.25) is 9.59 Å². The summed E-state index contributed by atoms with van der Waals surface area (Å²) >= 11 is 0. The van der Waals surface area contributed by atoms with Gasteiger partial charge in [0.25, 0.3) is 0 Å². The van der Waals surface area contributed by atoms with Crippen LogP contribution in [0.1, 0.15) is 24.5 Å². The van der Waals surface area contributed by atoms with Crippen molar-refractivity contribution >= 4 is 17.5 Å². The van der Waals surface area contributed by atoms with Gasteiger partial charge in [-0.2, -0.15) is 0 Å². The second-order valence-electron chi connectivity index (χ2n) is 7.06. The normalized spacial score (nSPS) is 14.7. The SMILES string of the molecule is C=C(C)C1=CC(C(=O)OC)(C(=O)OC)CC1=C(c1ccccc1)c1ccccc1. The lowest BCUT2D eigenvalue weighted by Gasteiger charge is -2.22. The molecule has 0 unspecified atom stereocenters. The summed E-state index contributed by atoms with van der Waals surface area (Å²) in [4.78, 5) is 25.5. The number of benzene rings is 2. The van der Waals surface area contributed by atoms with Crippen molar-refractivity contribution in [1.82, 2.24) is 0 Å². The van der Waals surface area contributed by atoms with Crippen LogP contribution in [-0.4, -0.2) is 26.2 Å². The fraction of sp³-hybridized carbons (Fsp3) is 0.200. The van der Waals surface area contributed by atoms with Crippen molar-refractivity contribution in [1.29, 1.82) is 0 Å². The summed E-state index contributed by atoms with van der Waals surface area (Å²) in [7, 11) is 2.55. The van der Waals surface area contributed by atoms with Crippen LogP contribution in [0.4, 0.5) is 0 Å². The number of esters is 2. The van der Waals surface area contributed by atoms with E-state index in [-0.39, 0.29) is 6.42 Å². The Morgan fingerprint density at radius 2 is 1.31 bits per heavy atom. The molecule has 148 valence electrons. The zero-order valence-corrected chi connectivity index (χ0v) is 16.9. The first kappa shape index (κ1) is 20.3. The fourth-order valence-electron chi connectivity index (χ4n) is 3.80. The zero-order chi connectivity index (χ0) is 21.0. The van der Waals surface area contributed by atoms with Crippen molar-refractivity contribution in [2.75, 3.05) is 14.2 Å². The molecule has 2 aromatic carbocycles. The molecule has 0 atom stereocenters. The van der Waals surface area contributed by atoms with Crippen LogP contribution in [-0.2, 0) is 19.1 Å². The lowest BCUT2D eigenvalue weighted by molar-refractivity contribution is -0.164. The Balaban J connectivity index is 2.34. The van der Waals surface area contributed by atoms with Gasteiger partial charge in [0, 0.05) is 6.42 Å². The minimum absolute atomic E-state index is 0.146. The first-order chi connectivity index (χ1) is 13.9. The second-order valence-corrected chi connectivity index (χ2v) is 7.06. The molecule has 0 aliphatic heterocycles. The van der Waals surface area contributed by atoms with E-state index in [2.05, 4.69) is 6.58 Å². The third-order valence-electron chi connectivity index (χ3n) is 5.16. The summed E-state index contributed by atoms with van der Waals surface area (Å²) in [6, 6.07) is 19.8. The molecule has 0 N–H and O–H groups in total. The molecule has 0 radical (unpaired) electrons. The molecular weight excluding hydrogens is 364 g/mol. The van der Waals surface area contributed by atoms with E-state index in [1.165, 1.54) is 14.2 Å². The van der Waals surface area contributed by atoms with E-state index in [1.54, 1.807) is 6.08 Å². The van der Waals surface area contributed by atoms with Gasteiger partial charge in [-0.05, 0) is 40.8 Å². The molecule has 0 fully saturated rings. The molecule has 0 heterocycles. The Hall–Kier alpha value is -3.40. The van der Waals surface area contributed by atoms with Crippen molar-refractivity contribution in [3.63, 3.8) is 0 Å². The highest BCUT2D eigenvalue weighted by atomic mass is 16.5. The predicted octanol–water partition coefficient (Wildman–Crippen LogP) is 4.73. The largest absolute Gasteiger partial charge is 0.468 e. The number of carbonyl (C=O) groups is 2. The van der Waals surface area contributed by atoms with Crippen molar-refractivity contribution in [3.8, 4) is 0 Å². The molecule has 29 heavy (non-hydrogen) atoms. The van der Waals surface area contributed by atoms with Gasteiger partial charge in [0.1, 0.15) is 0 Å². The first-order valence-electron chi connectivity index (χ1n) is 9.34. The molecular formula is C25H24O4. The van der Waals surface area contributed by atoms with Crippen LogP contribution in [0.15, 0.2) is 90.0 Å². The van der Waals surface area contributed by atoms with Crippen LogP contribution in [0.2, 0.25) is 0 Å². The van der Waals surface area contributed by atoms with Crippen molar-refractivity contribution in [2.24, 2.45) is 5.41 Å². The van der Waals surface area contributed by atoms with Crippen LogP contribution in [0.25, 0.3) is 5.57 Å². The molecule has 0 spiro atoms. The minimum atomic E-state index is -1.53.